The van der Waals surface area contributed by atoms with E-state index >= 15 is 0 Å². The molecule has 0 radical (unpaired) electrons. The highest BCUT2D eigenvalue weighted by Gasteiger charge is 2.64. The van der Waals surface area contributed by atoms with Gasteiger partial charge in [0.1, 0.15) is 18.1 Å². The van der Waals surface area contributed by atoms with Crippen LogP contribution in [0.25, 0.3) is 0 Å². The highest BCUT2D eigenvalue weighted by Crippen LogP contribution is 2.62. The maximum absolute atomic E-state index is 13.4. The number of alkyl halides is 3. The van der Waals surface area contributed by atoms with E-state index in [0.717, 1.165) is 21.2 Å². The van der Waals surface area contributed by atoms with Crippen molar-refractivity contribution in [1.82, 2.24) is 10.2 Å². The third kappa shape index (κ3) is 4.53. The fraction of sp³-hybridized carbons (Fsp3) is 0.360. The summed E-state index contributed by atoms with van der Waals surface area (Å²) < 4.78 is 4.56. The monoisotopic (exact) mass is 612 g/mol. The van der Waals surface area contributed by atoms with Gasteiger partial charge in [0.2, 0.25) is 15.6 Å². The molecule has 0 bridgehead atoms. The number of piperidine rings is 1. The van der Waals surface area contributed by atoms with Gasteiger partial charge in [0.15, 0.2) is 0 Å². The van der Waals surface area contributed by atoms with Crippen molar-refractivity contribution < 1.29 is 23.9 Å². The van der Waals surface area contributed by atoms with Crippen LogP contribution in [0.2, 0.25) is 0 Å². The molecule has 2 fully saturated rings. The number of nitrogens with one attached hydrogen (secondary N) is 1. The summed E-state index contributed by atoms with van der Waals surface area (Å²) in [5.41, 5.74) is 1.85. The number of imide groups is 1. The predicted octanol–water partition coefficient (Wildman–Crippen LogP) is 4.55. The van der Waals surface area contributed by atoms with E-state index in [1.165, 1.54) is 4.90 Å². The minimum atomic E-state index is -1.75. The molecule has 0 spiro atoms. The first kappa shape index (κ1) is 25.5. The number of hydrogen-bond acceptors (Lipinski definition) is 5. The summed E-state index contributed by atoms with van der Waals surface area (Å²) in [6.07, 6.45) is 0.902. The molecule has 3 atom stereocenters. The Labute approximate surface area is 230 Å². The molecular formula is C25H20BrCl3N2O5. The molecule has 0 aromatic heterocycles. The first-order valence-corrected chi connectivity index (χ1v) is 13.2. The number of ether oxygens (including phenoxy) is 1. The topological polar surface area (TPSA) is 92.8 Å². The normalized spacial score (nSPS) is 25.4. The molecule has 5 rings (SSSR count). The van der Waals surface area contributed by atoms with E-state index in [4.69, 9.17) is 39.5 Å². The molecule has 2 aromatic rings. The molecule has 3 aliphatic rings. The van der Waals surface area contributed by atoms with E-state index in [2.05, 4.69) is 21.2 Å². The van der Waals surface area contributed by atoms with E-state index < -0.39 is 33.7 Å². The van der Waals surface area contributed by atoms with Gasteiger partial charge in [-0.25, -0.2) is 0 Å². The lowest BCUT2D eigenvalue weighted by molar-refractivity contribution is -0.146. The number of benzene rings is 2. The number of carbonyl (C=O) groups excluding carboxylic acids is 4. The Hall–Kier alpha value is -2.13. The lowest BCUT2D eigenvalue weighted by Gasteiger charge is -2.29. The summed E-state index contributed by atoms with van der Waals surface area (Å²) in [4.78, 5) is 52.2. The van der Waals surface area contributed by atoms with Crippen molar-refractivity contribution >= 4 is 74.4 Å². The first-order chi connectivity index (χ1) is 17.0. The number of carbonyl (C=O) groups is 4. The van der Waals surface area contributed by atoms with Crippen molar-refractivity contribution in [3.8, 4) is 0 Å². The number of halogens is 4. The van der Waals surface area contributed by atoms with E-state index in [1.807, 2.05) is 30.3 Å². The van der Waals surface area contributed by atoms with Crippen LogP contribution in [0.1, 0.15) is 52.2 Å². The average Bonchev–Trinajstić information content (AvgIpc) is 3.49. The lowest BCUT2D eigenvalue weighted by Crippen LogP contribution is -2.52. The van der Waals surface area contributed by atoms with Crippen LogP contribution < -0.4 is 5.32 Å². The van der Waals surface area contributed by atoms with Gasteiger partial charge in [-0.15, -0.1) is 0 Å². The second-order valence-electron chi connectivity index (χ2n) is 9.20. The highest BCUT2D eigenvalue weighted by atomic mass is 79.9. The minimum Gasteiger partial charge on any atom is -0.460 e. The molecule has 1 aliphatic carbocycles. The summed E-state index contributed by atoms with van der Waals surface area (Å²) in [6.45, 7) is -0.178. The van der Waals surface area contributed by atoms with Crippen LogP contribution >= 0.6 is 50.7 Å². The van der Waals surface area contributed by atoms with Crippen LogP contribution in [0.5, 0.6) is 0 Å². The number of nitrogens with zero attached hydrogens (tertiary/aromatic N) is 1. The van der Waals surface area contributed by atoms with Crippen molar-refractivity contribution in [2.24, 2.45) is 0 Å². The average molecular weight is 615 g/mol. The van der Waals surface area contributed by atoms with E-state index in [-0.39, 0.29) is 37.1 Å². The molecular weight excluding hydrogens is 595 g/mol. The highest BCUT2D eigenvalue weighted by molar-refractivity contribution is 9.10. The van der Waals surface area contributed by atoms with Crippen LogP contribution in [0.3, 0.4) is 0 Å². The van der Waals surface area contributed by atoms with Crippen LogP contribution in [-0.4, -0.2) is 45.0 Å². The molecule has 3 amide bonds. The maximum Gasteiger partial charge on any atom is 0.317 e. The van der Waals surface area contributed by atoms with Gasteiger partial charge in [0.25, 0.3) is 5.91 Å². The predicted molar refractivity (Wildman–Crippen MR) is 137 cm³/mol. The zero-order valence-electron chi connectivity index (χ0n) is 18.7. The van der Waals surface area contributed by atoms with Crippen LogP contribution in [0.15, 0.2) is 46.9 Å². The molecule has 2 aliphatic heterocycles. The molecule has 188 valence electrons. The van der Waals surface area contributed by atoms with Crippen LogP contribution in [0, 0.1) is 0 Å². The van der Waals surface area contributed by atoms with Crippen molar-refractivity contribution in [3.63, 3.8) is 0 Å². The van der Waals surface area contributed by atoms with Crippen molar-refractivity contribution in [3.05, 3.63) is 69.2 Å². The molecule has 7 nitrogen and oxygen atoms in total. The quantitative estimate of drug-likeness (QED) is 0.303. The van der Waals surface area contributed by atoms with E-state index in [9.17, 15) is 19.2 Å². The van der Waals surface area contributed by atoms with Gasteiger partial charge in [-0.05, 0) is 47.7 Å². The molecule has 36 heavy (non-hydrogen) atoms. The third-order valence-electron chi connectivity index (χ3n) is 7.05. The van der Waals surface area contributed by atoms with Gasteiger partial charge in [0, 0.05) is 28.9 Å². The van der Waals surface area contributed by atoms with Crippen molar-refractivity contribution in [1.29, 1.82) is 0 Å². The standard InChI is InChI=1S/C25H20BrCl3N2O5/c26-14-6-4-13(5-7-14)24(23(35)36-12-25(27,28)29)10-18(24)15-2-1-3-16-17(15)11-31(22(16)34)19-8-9-20(32)30-21(19)33/h1-7,18-19H,8-12H2,(H,30,32,33)/t18-,19?,24-/m0/s1. The Morgan fingerprint density at radius 1 is 1.14 bits per heavy atom. The van der Waals surface area contributed by atoms with Crippen LogP contribution in [0.4, 0.5) is 0 Å². The van der Waals surface area contributed by atoms with Gasteiger partial charge in [0.05, 0.1) is 0 Å². The van der Waals surface area contributed by atoms with Gasteiger partial charge in [-0.3, -0.25) is 24.5 Å². The Bertz CT molecular complexity index is 1280. The fourth-order valence-electron chi connectivity index (χ4n) is 5.26. The Morgan fingerprint density at radius 3 is 2.53 bits per heavy atom. The Morgan fingerprint density at radius 2 is 1.86 bits per heavy atom. The number of fused-ring (bicyclic) bond motifs is 1. The second-order valence-corrected chi connectivity index (χ2v) is 12.6. The van der Waals surface area contributed by atoms with E-state index in [1.54, 1.807) is 12.1 Å². The molecule has 1 saturated heterocycles. The Balaban J connectivity index is 1.48. The van der Waals surface area contributed by atoms with E-state index in [0.29, 0.717) is 12.0 Å². The Kier molecular flexibility index (Phi) is 6.60. The molecule has 2 aromatic carbocycles. The molecule has 1 N–H and O–H groups in total. The summed E-state index contributed by atoms with van der Waals surface area (Å²) in [5, 5.41) is 2.31. The first-order valence-electron chi connectivity index (χ1n) is 11.3. The van der Waals surface area contributed by atoms with Gasteiger partial charge < -0.3 is 9.64 Å². The largest absolute Gasteiger partial charge is 0.460 e. The maximum atomic E-state index is 13.4. The SMILES string of the molecule is O=C1CCC(N2Cc3c(cccc3[C@@H]3C[C@]3(C(=O)OCC(Cl)(Cl)Cl)c3ccc(Br)cc3)C2=O)C(=O)N1. The number of rotatable bonds is 5. The minimum absolute atomic E-state index is 0.174. The van der Waals surface area contributed by atoms with Gasteiger partial charge in [-0.2, -0.15) is 0 Å². The zero-order valence-corrected chi connectivity index (χ0v) is 22.6. The van der Waals surface area contributed by atoms with Crippen molar-refractivity contribution in [2.75, 3.05) is 6.61 Å². The number of hydrogen-bond donors (Lipinski definition) is 1. The lowest BCUT2D eigenvalue weighted by atomic mass is 9.88. The fourth-order valence-corrected chi connectivity index (χ4v) is 5.69. The second kappa shape index (κ2) is 9.31. The molecule has 11 heteroatoms. The molecule has 1 saturated carbocycles. The van der Waals surface area contributed by atoms with Crippen LogP contribution in [-0.2, 0) is 31.1 Å². The van der Waals surface area contributed by atoms with Crippen molar-refractivity contribution in [2.45, 2.75) is 47.0 Å². The van der Waals surface area contributed by atoms with Gasteiger partial charge >= 0.3 is 5.97 Å². The summed E-state index contributed by atoms with van der Waals surface area (Å²) in [5.74, 6) is -1.86. The number of esters is 1. The van der Waals surface area contributed by atoms with Gasteiger partial charge in [-0.1, -0.05) is 75.0 Å². The summed E-state index contributed by atoms with van der Waals surface area (Å²) >= 11 is 20.9. The number of amides is 3. The summed E-state index contributed by atoms with van der Waals surface area (Å²) in [6, 6.07) is 12.1. The zero-order chi connectivity index (χ0) is 25.8. The third-order valence-corrected chi connectivity index (χ3v) is 7.90. The summed E-state index contributed by atoms with van der Waals surface area (Å²) in [7, 11) is 0. The molecule has 1 unspecified atom stereocenters. The smallest absolute Gasteiger partial charge is 0.317 e. The molecule has 2 heterocycles.